The lowest BCUT2D eigenvalue weighted by atomic mass is 10.1. The SMILES string of the molecule is COC1CCN(c2ccc([C@H](C)O)cc2Br)C1. The molecule has 0 spiro atoms. The Kier molecular flexibility index (Phi) is 4.07. The van der Waals surface area contributed by atoms with Crippen LogP contribution in [-0.4, -0.2) is 31.4 Å². The number of methoxy groups -OCH3 is 1. The maximum atomic E-state index is 9.53. The van der Waals surface area contributed by atoms with Gasteiger partial charge in [-0.2, -0.15) is 0 Å². The zero-order valence-electron chi connectivity index (χ0n) is 10.2. The van der Waals surface area contributed by atoms with E-state index < -0.39 is 6.10 Å². The van der Waals surface area contributed by atoms with Gasteiger partial charge >= 0.3 is 0 Å². The molecule has 1 heterocycles. The summed E-state index contributed by atoms with van der Waals surface area (Å²) in [6.45, 7) is 3.73. The van der Waals surface area contributed by atoms with Gasteiger partial charge in [-0.1, -0.05) is 6.07 Å². The monoisotopic (exact) mass is 299 g/mol. The van der Waals surface area contributed by atoms with Crippen molar-refractivity contribution >= 4 is 21.6 Å². The fourth-order valence-corrected chi connectivity index (χ4v) is 2.83. The van der Waals surface area contributed by atoms with Crippen LogP contribution in [0, 0.1) is 0 Å². The average molecular weight is 300 g/mol. The molecule has 0 saturated carbocycles. The van der Waals surface area contributed by atoms with Crippen molar-refractivity contribution in [1.29, 1.82) is 0 Å². The van der Waals surface area contributed by atoms with Crippen molar-refractivity contribution in [2.75, 3.05) is 25.1 Å². The molecule has 17 heavy (non-hydrogen) atoms. The quantitative estimate of drug-likeness (QED) is 0.931. The number of benzene rings is 1. The van der Waals surface area contributed by atoms with Gasteiger partial charge < -0.3 is 14.7 Å². The van der Waals surface area contributed by atoms with Crippen LogP contribution in [0.2, 0.25) is 0 Å². The van der Waals surface area contributed by atoms with Crippen LogP contribution >= 0.6 is 15.9 Å². The van der Waals surface area contributed by atoms with Gasteiger partial charge in [0.25, 0.3) is 0 Å². The molecule has 1 aromatic carbocycles. The number of hydrogen-bond acceptors (Lipinski definition) is 3. The molecule has 0 bridgehead atoms. The van der Waals surface area contributed by atoms with Crippen LogP contribution < -0.4 is 4.90 Å². The van der Waals surface area contributed by atoms with Crippen molar-refractivity contribution in [2.24, 2.45) is 0 Å². The summed E-state index contributed by atoms with van der Waals surface area (Å²) < 4.78 is 6.40. The van der Waals surface area contributed by atoms with Gasteiger partial charge in [-0.3, -0.25) is 0 Å². The van der Waals surface area contributed by atoms with Crippen molar-refractivity contribution < 1.29 is 9.84 Å². The van der Waals surface area contributed by atoms with Crippen LogP contribution in [-0.2, 0) is 4.74 Å². The molecule has 1 N–H and O–H groups in total. The number of aliphatic hydroxyl groups excluding tert-OH is 1. The van der Waals surface area contributed by atoms with Crippen molar-refractivity contribution in [3.05, 3.63) is 28.2 Å². The largest absolute Gasteiger partial charge is 0.389 e. The molecule has 1 aromatic rings. The number of anilines is 1. The molecule has 1 aliphatic heterocycles. The predicted molar refractivity (Wildman–Crippen MR) is 72.4 cm³/mol. The van der Waals surface area contributed by atoms with E-state index in [4.69, 9.17) is 4.74 Å². The first-order valence-corrected chi connectivity index (χ1v) is 6.66. The number of halogens is 1. The Hall–Kier alpha value is -0.580. The molecule has 2 rings (SSSR count). The molecular formula is C13H18BrNO2. The maximum absolute atomic E-state index is 9.53. The Morgan fingerprint density at radius 1 is 1.53 bits per heavy atom. The van der Waals surface area contributed by atoms with E-state index in [-0.39, 0.29) is 0 Å². The van der Waals surface area contributed by atoms with E-state index in [0.29, 0.717) is 6.10 Å². The molecule has 0 aromatic heterocycles. The second-order valence-electron chi connectivity index (χ2n) is 4.48. The lowest BCUT2D eigenvalue weighted by Gasteiger charge is -2.21. The first-order chi connectivity index (χ1) is 8.11. The maximum Gasteiger partial charge on any atom is 0.0762 e. The van der Waals surface area contributed by atoms with Crippen molar-refractivity contribution in [3.63, 3.8) is 0 Å². The molecule has 94 valence electrons. The van der Waals surface area contributed by atoms with Gasteiger partial charge in [-0.15, -0.1) is 0 Å². The molecule has 4 heteroatoms. The van der Waals surface area contributed by atoms with E-state index in [0.717, 1.165) is 29.5 Å². The Labute approximate surface area is 111 Å². The lowest BCUT2D eigenvalue weighted by molar-refractivity contribution is 0.121. The summed E-state index contributed by atoms with van der Waals surface area (Å²) in [4.78, 5) is 2.31. The molecule has 0 aliphatic carbocycles. The number of nitrogens with zero attached hydrogens (tertiary/aromatic N) is 1. The molecule has 2 atom stereocenters. The summed E-state index contributed by atoms with van der Waals surface area (Å²) >= 11 is 3.57. The molecule has 1 saturated heterocycles. The van der Waals surface area contributed by atoms with E-state index in [1.165, 1.54) is 5.69 Å². The predicted octanol–water partition coefficient (Wildman–Crippen LogP) is 2.73. The average Bonchev–Trinajstić information content (AvgIpc) is 2.77. The molecule has 1 unspecified atom stereocenters. The fourth-order valence-electron chi connectivity index (χ4n) is 2.18. The lowest BCUT2D eigenvalue weighted by Crippen LogP contribution is -2.22. The summed E-state index contributed by atoms with van der Waals surface area (Å²) in [7, 11) is 1.76. The van der Waals surface area contributed by atoms with Gasteiger partial charge in [0.05, 0.1) is 17.9 Å². The van der Waals surface area contributed by atoms with Crippen molar-refractivity contribution in [3.8, 4) is 0 Å². The second kappa shape index (κ2) is 5.38. The third-order valence-electron chi connectivity index (χ3n) is 3.27. The highest BCUT2D eigenvalue weighted by Crippen LogP contribution is 2.31. The Morgan fingerprint density at radius 2 is 2.29 bits per heavy atom. The molecule has 1 aliphatic rings. The standard InChI is InChI=1S/C13H18BrNO2/c1-9(16)10-3-4-13(12(14)7-10)15-6-5-11(8-15)17-2/h3-4,7,9,11,16H,5-6,8H2,1-2H3/t9-,11?/m0/s1. The van der Waals surface area contributed by atoms with Gasteiger partial charge in [0.1, 0.15) is 0 Å². The van der Waals surface area contributed by atoms with E-state index in [2.05, 4.69) is 26.9 Å². The van der Waals surface area contributed by atoms with E-state index >= 15 is 0 Å². The Bertz CT molecular complexity index is 395. The van der Waals surface area contributed by atoms with Crippen molar-refractivity contribution in [1.82, 2.24) is 0 Å². The van der Waals surface area contributed by atoms with Gasteiger partial charge in [0.15, 0.2) is 0 Å². The minimum Gasteiger partial charge on any atom is -0.389 e. The van der Waals surface area contributed by atoms with Gasteiger partial charge in [0, 0.05) is 24.7 Å². The molecular weight excluding hydrogens is 282 g/mol. The summed E-state index contributed by atoms with van der Waals surface area (Å²) in [5.41, 5.74) is 2.11. The van der Waals surface area contributed by atoms with Crippen LogP contribution in [0.15, 0.2) is 22.7 Å². The summed E-state index contributed by atoms with van der Waals surface area (Å²) in [6, 6.07) is 6.02. The minimum absolute atomic E-state index is 0.332. The third-order valence-corrected chi connectivity index (χ3v) is 3.91. The number of ether oxygens (including phenoxy) is 1. The highest BCUT2D eigenvalue weighted by molar-refractivity contribution is 9.10. The highest BCUT2D eigenvalue weighted by atomic mass is 79.9. The van der Waals surface area contributed by atoms with Crippen LogP contribution in [0.5, 0.6) is 0 Å². The molecule has 0 radical (unpaired) electrons. The summed E-state index contributed by atoms with van der Waals surface area (Å²) in [6.07, 6.45) is 0.977. The van der Waals surface area contributed by atoms with Crippen LogP contribution in [0.1, 0.15) is 25.0 Å². The van der Waals surface area contributed by atoms with Gasteiger partial charge in [-0.05, 0) is 47.0 Å². The highest BCUT2D eigenvalue weighted by Gasteiger charge is 2.23. The zero-order chi connectivity index (χ0) is 12.4. The first-order valence-electron chi connectivity index (χ1n) is 5.87. The summed E-state index contributed by atoms with van der Waals surface area (Å²) in [5, 5.41) is 9.53. The minimum atomic E-state index is -0.425. The van der Waals surface area contributed by atoms with Crippen LogP contribution in [0.25, 0.3) is 0 Å². The van der Waals surface area contributed by atoms with E-state index in [1.54, 1.807) is 14.0 Å². The van der Waals surface area contributed by atoms with Crippen LogP contribution in [0.3, 0.4) is 0 Å². The molecule has 1 fully saturated rings. The second-order valence-corrected chi connectivity index (χ2v) is 5.33. The first kappa shape index (κ1) is 12.9. The van der Waals surface area contributed by atoms with Crippen LogP contribution in [0.4, 0.5) is 5.69 Å². The normalized spacial score (nSPS) is 21.9. The summed E-state index contributed by atoms with van der Waals surface area (Å²) in [5.74, 6) is 0. The van der Waals surface area contributed by atoms with E-state index in [1.807, 2.05) is 12.1 Å². The van der Waals surface area contributed by atoms with Gasteiger partial charge in [0.2, 0.25) is 0 Å². The Balaban J connectivity index is 2.17. The number of rotatable bonds is 3. The van der Waals surface area contributed by atoms with Gasteiger partial charge in [-0.25, -0.2) is 0 Å². The number of hydrogen-bond donors (Lipinski definition) is 1. The Morgan fingerprint density at radius 3 is 2.82 bits per heavy atom. The molecule has 3 nitrogen and oxygen atoms in total. The molecule has 0 amide bonds. The van der Waals surface area contributed by atoms with Crippen molar-refractivity contribution in [2.45, 2.75) is 25.6 Å². The smallest absolute Gasteiger partial charge is 0.0762 e. The zero-order valence-corrected chi connectivity index (χ0v) is 11.8. The van der Waals surface area contributed by atoms with E-state index in [9.17, 15) is 5.11 Å². The number of aliphatic hydroxyl groups is 1. The third kappa shape index (κ3) is 2.81. The fraction of sp³-hybridized carbons (Fsp3) is 0.538. The topological polar surface area (TPSA) is 32.7 Å².